The highest BCUT2D eigenvalue weighted by molar-refractivity contribution is 5.75. The van der Waals surface area contributed by atoms with Crippen molar-refractivity contribution in [1.29, 1.82) is 0 Å². The number of fused-ring (bicyclic) bond motifs is 1. The van der Waals surface area contributed by atoms with E-state index >= 15 is 0 Å². The quantitative estimate of drug-likeness (QED) is 0.386. The molecule has 2 aliphatic carbocycles. The zero-order valence-electron chi connectivity index (χ0n) is 19.2. The number of unbranched alkanes of at least 4 members (excludes halogenated alkanes) is 2. The van der Waals surface area contributed by atoms with E-state index in [2.05, 4.69) is 32.9 Å². The monoisotopic (exact) mass is 405 g/mol. The summed E-state index contributed by atoms with van der Waals surface area (Å²) in [7, 11) is 3.62. The topological polar surface area (TPSA) is 60.8 Å². The normalized spacial score (nSPS) is 27.9. The minimum atomic E-state index is -0.469. The zero-order valence-corrected chi connectivity index (χ0v) is 19.2. The largest absolute Gasteiger partial charge is 0.392 e. The molecule has 2 N–H and O–H groups in total. The third-order valence-electron chi connectivity index (χ3n) is 7.08. The Morgan fingerprint density at radius 2 is 2.03 bits per heavy atom. The number of nitrogens with zero attached hydrogens (tertiary/aromatic N) is 1. The molecule has 0 saturated heterocycles. The Morgan fingerprint density at radius 3 is 2.69 bits per heavy atom. The van der Waals surface area contributed by atoms with E-state index in [1.165, 1.54) is 5.57 Å². The van der Waals surface area contributed by atoms with Crippen molar-refractivity contribution in [1.82, 2.24) is 4.90 Å². The van der Waals surface area contributed by atoms with Gasteiger partial charge in [0.05, 0.1) is 12.2 Å². The molecule has 0 heterocycles. The number of allylic oxidation sites excluding steroid dienone is 2. The maximum absolute atomic E-state index is 11.7. The van der Waals surface area contributed by atoms with Gasteiger partial charge in [0.15, 0.2) is 0 Å². The Kier molecular flexibility index (Phi) is 8.96. The van der Waals surface area contributed by atoms with Crippen LogP contribution in [0.4, 0.5) is 0 Å². The van der Waals surface area contributed by atoms with Crippen molar-refractivity contribution in [2.75, 3.05) is 14.1 Å². The number of aliphatic hydroxyl groups excluding tert-OH is 2. The van der Waals surface area contributed by atoms with Gasteiger partial charge in [-0.3, -0.25) is 4.79 Å². The molecule has 1 saturated carbocycles. The molecular formula is C25H43NO3. The Labute approximate surface area is 178 Å². The van der Waals surface area contributed by atoms with Crippen LogP contribution < -0.4 is 0 Å². The van der Waals surface area contributed by atoms with Crippen LogP contribution in [-0.4, -0.2) is 47.3 Å². The lowest BCUT2D eigenvalue weighted by atomic mass is 9.80. The molecule has 4 nitrogen and oxygen atoms in total. The van der Waals surface area contributed by atoms with E-state index in [1.807, 2.05) is 20.2 Å². The van der Waals surface area contributed by atoms with Crippen LogP contribution in [0.2, 0.25) is 0 Å². The van der Waals surface area contributed by atoms with Gasteiger partial charge >= 0.3 is 0 Å². The average molecular weight is 406 g/mol. The Balaban J connectivity index is 1.84. The summed E-state index contributed by atoms with van der Waals surface area (Å²) < 4.78 is 0. The van der Waals surface area contributed by atoms with E-state index in [9.17, 15) is 15.0 Å². The van der Waals surface area contributed by atoms with E-state index in [0.717, 1.165) is 51.4 Å². The second-order valence-corrected chi connectivity index (χ2v) is 10.2. The van der Waals surface area contributed by atoms with E-state index in [0.29, 0.717) is 18.3 Å². The number of hydrogen-bond acceptors (Lipinski definition) is 3. The summed E-state index contributed by atoms with van der Waals surface area (Å²) in [5, 5.41) is 21.2. The smallest absolute Gasteiger partial charge is 0.222 e. The van der Waals surface area contributed by atoms with Crippen molar-refractivity contribution in [2.24, 2.45) is 23.2 Å². The maximum atomic E-state index is 11.7. The Hall–Kier alpha value is -1.13. The van der Waals surface area contributed by atoms with Crippen LogP contribution in [-0.2, 0) is 4.79 Å². The van der Waals surface area contributed by atoms with Gasteiger partial charge in [0.25, 0.3) is 0 Å². The molecule has 2 aliphatic rings. The molecule has 4 heteroatoms. The summed E-state index contributed by atoms with van der Waals surface area (Å²) in [6, 6.07) is 0. The SMILES string of the molecule is CCCCC(C)(C)[C@@H](O)/C=C/[C@@H]1[C@H]2CC(CCCCC(=O)N(C)C)=C[C@H]2C[C@H]1O. The summed E-state index contributed by atoms with van der Waals surface area (Å²) in [6.07, 6.45) is 14.5. The number of aliphatic hydroxyl groups is 2. The van der Waals surface area contributed by atoms with Gasteiger partial charge in [-0.05, 0) is 55.8 Å². The first-order valence-corrected chi connectivity index (χ1v) is 11.6. The number of hydrogen-bond donors (Lipinski definition) is 2. The molecule has 0 aromatic carbocycles. The van der Waals surface area contributed by atoms with E-state index < -0.39 is 6.10 Å². The zero-order chi connectivity index (χ0) is 21.6. The van der Waals surface area contributed by atoms with E-state index in [4.69, 9.17) is 0 Å². The fourth-order valence-corrected chi connectivity index (χ4v) is 4.92. The molecule has 0 aromatic heterocycles. The van der Waals surface area contributed by atoms with Crippen LogP contribution in [0.5, 0.6) is 0 Å². The summed E-state index contributed by atoms with van der Waals surface area (Å²) in [5.74, 6) is 1.27. The Morgan fingerprint density at radius 1 is 1.31 bits per heavy atom. The third kappa shape index (κ3) is 6.68. The van der Waals surface area contributed by atoms with Crippen molar-refractivity contribution in [3.05, 3.63) is 23.8 Å². The van der Waals surface area contributed by atoms with Crippen molar-refractivity contribution in [2.45, 2.75) is 90.8 Å². The van der Waals surface area contributed by atoms with Gasteiger partial charge in [-0.1, -0.05) is 57.4 Å². The molecule has 5 atom stereocenters. The molecule has 0 radical (unpaired) electrons. The van der Waals surface area contributed by atoms with Gasteiger partial charge in [-0.2, -0.15) is 0 Å². The second kappa shape index (κ2) is 10.8. The van der Waals surface area contributed by atoms with Crippen LogP contribution in [0.3, 0.4) is 0 Å². The van der Waals surface area contributed by atoms with Gasteiger partial charge in [0, 0.05) is 26.4 Å². The molecule has 1 fully saturated rings. The van der Waals surface area contributed by atoms with Crippen LogP contribution in [0, 0.1) is 23.2 Å². The predicted molar refractivity (Wildman–Crippen MR) is 119 cm³/mol. The number of rotatable bonds is 11. The molecule has 0 bridgehead atoms. The van der Waals surface area contributed by atoms with E-state index in [-0.39, 0.29) is 23.3 Å². The first kappa shape index (κ1) is 24.1. The first-order chi connectivity index (χ1) is 13.7. The van der Waals surface area contributed by atoms with Crippen LogP contribution >= 0.6 is 0 Å². The molecule has 29 heavy (non-hydrogen) atoms. The minimum absolute atomic E-state index is 0.126. The average Bonchev–Trinajstić information content (AvgIpc) is 3.17. The van der Waals surface area contributed by atoms with Gasteiger partial charge in [-0.25, -0.2) is 0 Å². The molecule has 166 valence electrons. The lowest BCUT2D eigenvalue weighted by molar-refractivity contribution is -0.128. The lowest BCUT2D eigenvalue weighted by Crippen LogP contribution is -2.28. The molecule has 0 unspecified atom stereocenters. The standard InChI is InChI=1S/C25H43NO3/c1-6-7-14-25(2,3)23(28)13-12-20-21-16-18(15-19(21)17-22(20)27)10-8-9-11-24(29)26(4)5/h12-13,15,19-23,27-28H,6-11,14,16-17H2,1-5H3/b13-12+/t19-,20+,21-,22+,23-/m0/s1. The molecule has 1 amide bonds. The van der Waals surface area contributed by atoms with Crippen LogP contribution in [0.15, 0.2) is 23.8 Å². The minimum Gasteiger partial charge on any atom is -0.392 e. The summed E-state index contributed by atoms with van der Waals surface area (Å²) >= 11 is 0. The van der Waals surface area contributed by atoms with Gasteiger partial charge in [0.2, 0.25) is 5.91 Å². The predicted octanol–water partition coefficient (Wildman–Crippen LogP) is 4.71. The van der Waals surface area contributed by atoms with Crippen molar-refractivity contribution in [3.63, 3.8) is 0 Å². The highest BCUT2D eigenvalue weighted by Crippen LogP contribution is 2.48. The van der Waals surface area contributed by atoms with Gasteiger partial charge < -0.3 is 15.1 Å². The van der Waals surface area contributed by atoms with Gasteiger partial charge in [-0.15, -0.1) is 0 Å². The number of amides is 1. The first-order valence-electron chi connectivity index (χ1n) is 11.6. The van der Waals surface area contributed by atoms with E-state index in [1.54, 1.807) is 4.90 Å². The number of carbonyl (C=O) groups excluding carboxylic acids is 1. The Bertz CT molecular complexity index is 593. The summed E-state index contributed by atoms with van der Waals surface area (Å²) in [5.41, 5.74) is 1.37. The molecular weight excluding hydrogens is 362 g/mol. The number of carbonyl (C=O) groups is 1. The van der Waals surface area contributed by atoms with Crippen LogP contribution in [0.1, 0.15) is 78.6 Å². The van der Waals surface area contributed by atoms with Crippen molar-refractivity contribution >= 4 is 5.91 Å². The van der Waals surface area contributed by atoms with Crippen molar-refractivity contribution < 1.29 is 15.0 Å². The fourth-order valence-electron chi connectivity index (χ4n) is 4.92. The third-order valence-corrected chi connectivity index (χ3v) is 7.08. The lowest BCUT2D eigenvalue weighted by Gasteiger charge is -2.29. The van der Waals surface area contributed by atoms with Gasteiger partial charge in [0.1, 0.15) is 0 Å². The van der Waals surface area contributed by atoms with Crippen molar-refractivity contribution in [3.8, 4) is 0 Å². The molecule has 0 aliphatic heterocycles. The fraction of sp³-hybridized carbons (Fsp3) is 0.800. The molecule has 0 spiro atoms. The second-order valence-electron chi connectivity index (χ2n) is 10.2. The molecule has 0 aromatic rings. The highest BCUT2D eigenvalue weighted by Gasteiger charge is 2.43. The molecule has 2 rings (SSSR count). The summed E-state index contributed by atoms with van der Waals surface area (Å²) in [4.78, 5) is 13.4. The summed E-state index contributed by atoms with van der Waals surface area (Å²) in [6.45, 7) is 6.43. The highest BCUT2D eigenvalue weighted by atomic mass is 16.3. The maximum Gasteiger partial charge on any atom is 0.222 e. The van der Waals surface area contributed by atoms with Crippen LogP contribution in [0.25, 0.3) is 0 Å².